The summed E-state index contributed by atoms with van der Waals surface area (Å²) in [4.78, 5) is 17.7. The number of fused-ring (bicyclic) bond motifs is 1. The summed E-state index contributed by atoms with van der Waals surface area (Å²) in [6, 6.07) is 14.0. The fourth-order valence-electron chi connectivity index (χ4n) is 3.54. The van der Waals surface area contributed by atoms with Gasteiger partial charge in [0.1, 0.15) is 0 Å². The number of ether oxygens (including phenoxy) is 1. The van der Waals surface area contributed by atoms with E-state index in [0.717, 1.165) is 16.6 Å². The third-order valence-electron chi connectivity index (χ3n) is 5.15. The van der Waals surface area contributed by atoms with Gasteiger partial charge in [-0.15, -0.1) is 0 Å². The number of nitrogens with one attached hydrogen (secondary N) is 1. The number of amides is 1. The molecule has 0 bridgehead atoms. The number of para-hydroxylation sites is 1. The molecular formula is C22H23N3O4S. The minimum absolute atomic E-state index is 0.107. The van der Waals surface area contributed by atoms with E-state index in [9.17, 15) is 13.2 Å². The van der Waals surface area contributed by atoms with E-state index in [2.05, 4.69) is 10.3 Å². The van der Waals surface area contributed by atoms with Gasteiger partial charge in [-0.1, -0.05) is 24.3 Å². The number of aryl methyl sites for hydroxylation is 2. The normalized spacial score (nSPS) is 15.3. The van der Waals surface area contributed by atoms with Crippen LogP contribution in [0.5, 0.6) is 0 Å². The molecule has 1 aromatic heterocycles. The van der Waals surface area contributed by atoms with Crippen LogP contribution in [0.25, 0.3) is 10.9 Å². The van der Waals surface area contributed by atoms with E-state index in [1.165, 1.54) is 10.4 Å². The number of nitrogens with zero attached hydrogens (tertiary/aromatic N) is 2. The zero-order valence-electron chi connectivity index (χ0n) is 16.9. The van der Waals surface area contributed by atoms with Crippen molar-refractivity contribution >= 4 is 32.5 Å². The summed E-state index contributed by atoms with van der Waals surface area (Å²) in [5.74, 6) is -0.359. The minimum atomic E-state index is -3.69. The van der Waals surface area contributed by atoms with E-state index in [1.54, 1.807) is 19.1 Å². The second-order valence-electron chi connectivity index (χ2n) is 7.28. The van der Waals surface area contributed by atoms with Crippen molar-refractivity contribution in [2.24, 2.45) is 0 Å². The smallest absolute Gasteiger partial charge is 0.255 e. The van der Waals surface area contributed by atoms with Crippen LogP contribution in [-0.4, -0.2) is 49.9 Å². The van der Waals surface area contributed by atoms with Gasteiger partial charge in [0.2, 0.25) is 10.0 Å². The van der Waals surface area contributed by atoms with E-state index >= 15 is 0 Å². The van der Waals surface area contributed by atoms with E-state index in [-0.39, 0.29) is 10.8 Å². The van der Waals surface area contributed by atoms with Crippen LogP contribution in [0.2, 0.25) is 0 Å². The Hall–Kier alpha value is -2.81. The molecule has 0 atom stereocenters. The van der Waals surface area contributed by atoms with Crippen LogP contribution in [0.15, 0.2) is 53.4 Å². The van der Waals surface area contributed by atoms with Crippen LogP contribution in [0, 0.1) is 13.8 Å². The highest BCUT2D eigenvalue weighted by Crippen LogP contribution is 2.25. The number of morpholine rings is 1. The molecule has 2 aromatic carbocycles. The van der Waals surface area contributed by atoms with E-state index in [1.807, 2.05) is 37.3 Å². The van der Waals surface area contributed by atoms with Gasteiger partial charge < -0.3 is 10.1 Å². The fraction of sp³-hybridized carbons (Fsp3) is 0.273. The maximum atomic E-state index is 13.1. The third kappa shape index (κ3) is 3.94. The molecule has 1 N–H and O–H groups in total. The lowest BCUT2D eigenvalue weighted by molar-refractivity contribution is 0.0730. The highest BCUT2D eigenvalue weighted by molar-refractivity contribution is 7.89. The predicted octanol–water partition coefficient (Wildman–Crippen LogP) is 3.12. The van der Waals surface area contributed by atoms with Gasteiger partial charge >= 0.3 is 0 Å². The van der Waals surface area contributed by atoms with Crippen LogP contribution in [0.1, 0.15) is 21.6 Å². The molecule has 1 amide bonds. The topological polar surface area (TPSA) is 88.6 Å². The molecule has 30 heavy (non-hydrogen) atoms. The molecule has 1 fully saturated rings. The summed E-state index contributed by atoms with van der Waals surface area (Å²) in [6.45, 7) is 5.00. The Bertz CT molecular complexity index is 1220. The number of benzene rings is 2. The van der Waals surface area contributed by atoms with Crippen molar-refractivity contribution in [1.82, 2.24) is 9.29 Å². The first kappa shape index (κ1) is 20.5. The number of hydrogen-bond donors (Lipinski definition) is 1. The number of hydrogen-bond acceptors (Lipinski definition) is 5. The maximum Gasteiger partial charge on any atom is 0.255 e. The van der Waals surface area contributed by atoms with Crippen molar-refractivity contribution in [2.75, 3.05) is 31.6 Å². The Balaban J connectivity index is 1.68. The number of pyridine rings is 1. The molecule has 4 rings (SSSR count). The lowest BCUT2D eigenvalue weighted by Crippen LogP contribution is -2.40. The fourth-order valence-corrected chi connectivity index (χ4v) is 4.98. The summed E-state index contributed by atoms with van der Waals surface area (Å²) >= 11 is 0. The van der Waals surface area contributed by atoms with Crippen LogP contribution in [0.4, 0.5) is 5.69 Å². The highest BCUT2D eigenvalue weighted by Gasteiger charge is 2.27. The van der Waals surface area contributed by atoms with Crippen molar-refractivity contribution in [3.05, 3.63) is 65.4 Å². The molecule has 156 valence electrons. The SMILES string of the molecule is Cc1cc(NC(=O)c2cc(S(=O)(=O)N3CCOCC3)ccc2C)c2ccccc2n1. The molecule has 1 aliphatic heterocycles. The Labute approximate surface area is 175 Å². The van der Waals surface area contributed by atoms with Crippen LogP contribution >= 0.6 is 0 Å². The van der Waals surface area contributed by atoms with E-state index in [4.69, 9.17) is 4.74 Å². The molecule has 0 radical (unpaired) electrons. The van der Waals surface area contributed by atoms with Crippen molar-refractivity contribution in [1.29, 1.82) is 0 Å². The van der Waals surface area contributed by atoms with Gasteiger partial charge in [0.05, 0.1) is 29.3 Å². The van der Waals surface area contributed by atoms with Gasteiger partial charge in [0.25, 0.3) is 5.91 Å². The Morgan fingerprint density at radius 2 is 1.80 bits per heavy atom. The standard InChI is InChI=1S/C22H23N3O4S/c1-15-7-8-17(30(27,28)25-9-11-29-12-10-25)14-19(15)22(26)24-21-13-16(2)23-20-6-4-3-5-18(20)21/h3-8,13-14H,9-12H2,1-2H3,(H,23,24,26). The molecule has 0 aliphatic carbocycles. The number of carbonyl (C=O) groups excluding carboxylic acids is 1. The van der Waals surface area contributed by atoms with Crippen molar-refractivity contribution in [2.45, 2.75) is 18.7 Å². The molecule has 1 saturated heterocycles. The van der Waals surface area contributed by atoms with Crippen LogP contribution in [-0.2, 0) is 14.8 Å². The Kier molecular flexibility index (Phi) is 5.55. The zero-order valence-corrected chi connectivity index (χ0v) is 17.7. The lowest BCUT2D eigenvalue weighted by Gasteiger charge is -2.26. The molecule has 3 aromatic rings. The zero-order chi connectivity index (χ0) is 21.3. The van der Waals surface area contributed by atoms with Gasteiger partial charge in [-0.3, -0.25) is 9.78 Å². The van der Waals surface area contributed by atoms with E-state index < -0.39 is 10.0 Å². The first-order valence-corrected chi connectivity index (χ1v) is 11.2. The van der Waals surface area contributed by atoms with Crippen molar-refractivity contribution in [3.8, 4) is 0 Å². The molecular weight excluding hydrogens is 402 g/mol. The van der Waals surface area contributed by atoms with Gasteiger partial charge in [-0.05, 0) is 43.7 Å². The second-order valence-corrected chi connectivity index (χ2v) is 9.21. The molecule has 2 heterocycles. The van der Waals surface area contributed by atoms with Crippen molar-refractivity contribution in [3.63, 3.8) is 0 Å². The second kappa shape index (κ2) is 8.14. The van der Waals surface area contributed by atoms with Gasteiger partial charge in [0, 0.05) is 29.7 Å². The predicted molar refractivity (Wildman–Crippen MR) is 115 cm³/mol. The highest BCUT2D eigenvalue weighted by atomic mass is 32.2. The summed E-state index contributed by atoms with van der Waals surface area (Å²) < 4.78 is 32.6. The monoisotopic (exact) mass is 425 g/mol. The number of aromatic nitrogens is 1. The Morgan fingerprint density at radius 3 is 2.57 bits per heavy atom. The van der Waals surface area contributed by atoms with Crippen molar-refractivity contribution < 1.29 is 17.9 Å². The van der Waals surface area contributed by atoms with E-state index in [0.29, 0.717) is 43.1 Å². The van der Waals surface area contributed by atoms with Gasteiger partial charge in [-0.25, -0.2) is 8.42 Å². The Morgan fingerprint density at radius 1 is 1.07 bits per heavy atom. The quantitative estimate of drug-likeness (QED) is 0.694. The minimum Gasteiger partial charge on any atom is -0.379 e. The molecule has 0 unspecified atom stereocenters. The lowest BCUT2D eigenvalue weighted by atomic mass is 10.1. The molecule has 8 heteroatoms. The molecule has 0 spiro atoms. The largest absolute Gasteiger partial charge is 0.379 e. The van der Waals surface area contributed by atoms with Crippen LogP contribution < -0.4 is 5.32 Å². The first-order chi connectivity index (χ1) is 14.4. The summed E-state index contributed by atoms with van der Waals surface area (Å²) in [7, 11) is -3.69. The number of rotatable bonds is 4. The molecule has 1 aliphatic rings. The van der Waals surface area contributed by atoms with Crippen LogP contribution in [0.3, 0.4) is 0 Å². The number of carbonyl (C=O) groups is 1. The molecule has 0 saturated carbocycles. The average Bonchev–Trinajstić information content (AvgIpc) is 2.74. The number of anilines is 1. The summed E-state index contributed by atoms with van der Waals surface area (Å²) in [5.41, 5.74) is 3.23. The maximum absolute atomic E-state index is 13.1. The average molecular weight is 426 g/mol. The third-order valence-corrected chi connectivity index (χ3v) is 7.05. The van der Waals surface area contributed by atoms with Gasteiger partial charge in [0.15, 0.2) is 0 Å². The molecule has 7 nitrogen and oxygen atoms in total. The summed E-state index contributed by atoms with van der Waals surface area (Å²) in [5, 5.41) is 3.76. The first-order valence-electron chi connectivity index (χ1n) is 9.72. The summed E-state index contributed by atoms with van der Waals surface area (Å²) in [6.07, 6.45) is 0. The number of sulfonamides is 1. The van der Waals surface area contributed by atoms with Gasteiger partial charge in [-0.2, -0.15) is 4.31 Å².